The Labute approximate surface area is 171 Å². The molecular weight excluding hydrogens is 382 g/mol. The molecule has 1 aliphatic heterocycles. The third kappa shape index (κ3) is 4.10. The number of hydrogen-bond acceptors (Lipinski definition) is 3. The molecule has 3 aromatic carbocycles. The van der Waals surface area contributed by atoms with E-state index in [9.17, 15) is 13.2 Å². The highest BCUT2D eigenvalue weighted by atomic mass is 32.2. The summed E-state index contributed by atoms with van der Waals surface area (Å²) >= 11 is 0. The summed E-state index contributed by atoms with van der Waals surface area (Å²) in [6, 6.07) is 24.7. The Morgan fingerprint density at radius 2 is 1.69 bits per heavy atom. The molecule has 5 heteroatoms. The summed E-state index contributed by atoms with van der Waals surface area (Å²) in [4.78, 5) is 15.5. The highest BCUT2D eigenvalue weighted by Gasteiger charge is 2.31. The number of amides is 1. The summed E-state index contributed by atoms with van der Waals surface area (Å²) < 4.78 is 23.9. The lowest BCUT2D eigenvalue weighted by molar-refractivity contribution is 0.0659. The molecule has 0 N–H and O–H groups in total. The van der Waals surface area contributed by atoms with Crippen LogP contribution in [0, 0.1) is 0 Å². The number of hydrogen-bond donors (Lipinski definition) is 0. The van der Waals surface area contributed by atoms with E-state index in [-0.39, 0.29) is 16.8 Å². The summed E-state index contributed by atoms with van der Waals surface area (Å²) in [5.74, 6) is -0.133. The second-order valence-corrected chi connectivity index (χ2v) is 9.47. The zero-order valence-electron chi connectivity index (χ0n) is 16.3. The molecular formula is C24H23NO3S. The molecule has 0 bridgehead atoms. The zero-order chi connectivity index (χ0) is 20.4. The van der Waals surface area contributed by atoms with Crippen LogP contribution in [0.2, 0.25) is 0 Å². The molecule has 1 atom stereocenters. The van der Waals surface area contributed by atoms with E-state index >= 15 is 0 Å². The number of fused-ring (bicyclic) bond motifs is 1. The van der Waals surface area contributed by atoms with Gasteiger partial charge in [0.05, 0.1) is 10.9 Å². The van der Waals surface area contributed by atoms with Crippen molar-refractivity contribution in [1.29, 1.82) is 0 Å². The Hall–Kier alpha value is -2.92. The first-order valence-electron chi connectivity index (χ1n) is 9.66. The molecule has 0 aliphatic carbocycles. The predicted molar refractivity (Wildman–Crippen MR) is 114 cm³/mol. The Bertz CT molecular complexity index is 1140. The minimum Gasteiger partial charge on any atom is -0.331 e. The van der Waals surface area contributed by atoms with Gasteiger partial charge in [-0.2, -0.15) is 0 Å². The predicted octanol–water partition coefficient (Wildman–Crippen LogP) is 4.07. The second-order valence-electron chi connectivity index (χ2n) is 7.45. The number of nitrogens with zero attached hydrogens (tertiary/aromatic N) is 1. The maximum absolute atomic E-state index is 13.4. The van der Waals surface area contributed by atoms with Crippen molar-refractivity contribution in [3.63, 3.8) is 0 Å². The average Bonchev–Trinajstić information content (AvgIpc) is 2.74. The van der Waals surface area contributed by atoms with Crippen molar-refractivity contribution in [2.75, 3.05) is 12.8 Å². The minimum absolute atomic E-state index is 0.0864. The SMILES string of the molecule is CS(=O)(=O)c1cccc(C(=O)N2CCc3ccccc3C2Cc2ccccc2)c1. The fourth-order valence-electron chi connectivity index (χ4n) is 3.98. The minimum atomic E-state index is -3.37. The van der Waals surface area contributed by atoms with Gasteiger partial charge in [0.2, 0.25) is 0 Å². The van der Waals surface area contributed by atoms with Crippen molar-refractivity contribution in [1.82, 2.24) is 4.90 Å². The molecule has 0 saturated heterocycles. The highest BCUT2D eigenvalue weighted by Crippen LogP contribution is 2.33. The van der Waals surface area contributed by atoms with E-state index in [0.717, 1.165) is 30.2 Å². The molecule has 4 rings (SSSR count). The van der Waals surface area contributed by atoms with Gasteiger partial charge in [-0.25, -0.2) is 8.42 Å². The fourth-order valence-corrected chi connectivity index (χ4v) is 4.64. The number of carbonyl (C=O) groups excluding carboxylic acids is 1. The van der Waals surface area contributed by atoms with Gasteiger partial charge in [-0.3, -0.25) is 4.79 Å². The van der Waals surface area contributed by atoms with Crippen LogP contribution in [-0.2, 0) is 22.7 Å². The van der Waals surface area contributed by atoms with Gasteiger partial charge in [-0.1, -0.05) is 60.7 Å². The molecule has 1 aliphatic rings. The molecule has 4 nitrogen and oxygen atoms in total. The van der Waals surface area contributed by atoms with Crippen molar-refractivity contribution in [3.05, 3.63) is 101 Å². The number of rotatable bonds is 4. The molecule has 1 unspecified atom stereocenters. The summed E-state index contributed by atoms with van der Waals surface area (Å²) in [7, 11) is -3.37. The van der Waals surface area contributed by atoms with E-state index in [0.29, 0.717) is 12.1 Å². The van der Waals surface area contributed by atoms with E-state index in [4.69, 9.17) is 0 Å². The van der Waals surface area contributed by atoms with Crippen molar-refractivity contribution in [2.45, 2.75) is 23.8 Å². The molecule has 1 heterocycles. The van der Waals surface area contributed by atoms with Gasteiger partial charge in [-0.15, -0.1) is 0 Å². The van der Waals surface area contributed by atoms with E-state index < -0.39 is 9.84 Å². The lowest BCUT2D eigenvalue weighted by Crippen LogP contribution is -2.41. The van der Waals surface area contributed by atoms with Gasteiger partial charge in [0.25, 0.3) is 5.91 Å². The van der Waals surface area contributed by atoms with Crippen LogP contribution in [0.1, 0.15) is 33.1 Å². The molecule has 3 aromatic rings. The quantitative estimate of drug-likeness (QED) is 0.657. The molecule has 0 spiro atoms. The Morgan fingerprint density at radius 1 is 0.966 bits per heavy atom. The van der Waals surface area contributed by atoms with Crippen LogP contribution in [0.15, 0.2) is 83.8 Å². The monoisotopic (exact) mass is 405 g/mol. The molecule has 1 amide bonds. The first-order chi connectivity index (χ1) is 13.9. The first kappa shape index (κ1) is 19.4. The van der Waals surface area contributed by atoms with Crippen LogP contribution in [-0.4, -0.2) is 32.0 Å². The first-order valence-corrected chi connectivity index (χ1v) is 11.6. The zero-order valence-corrected chi connectivity index (χ0v) is 17.1. The summed E-state index contributed by atoms with van der Waals surface area (Å²) in [5, 5.41) is 0. The Kier molecular flexibility index (Phi) is 5.24. The molecule has 29 heavy (non-hydrogen) atoms. The third-order valence-electron chi connectivity index (χ3n) is 5.45. The van der Waals surface area contributed by atoms with Crippen LogP contribution in [0.3, 0.4) is 0 Å². The number of carbonyl (C=O) groups is 1. The standard InChI is InChI=1S/C24H23NO3S/c1-29(27,28)21-12-7-11-20(17-21)24(26)25-15-14-19-10-5-6-13-22(19)23(25)16-18-8-3-2-4-9-18/h2-13,17,23H,14-16H2,1H3. The highest BCUT2D eigenvalue weighted by molar-refractivity contribution is 7.90. The smallest absolute Gasteiger partial charge is 0.254 e. The van der Waals surface area contributed by atoms with E-state index in [1.807, 2.05) is 35.2 Å². The van der Waals surface area contributed by atoms with E-state index in [2.05, 4.69) is 24.3 Å². The molecule has 0 radical (unpaired) electrons. The number of benzene rings is 3. The van der Waals surface area contributed by atoms with Crippen molar-refractivity contribution in [3.8, 4) is 0 Å². The van der Waals surface area contributed by atoms with Gasteiger partial charge in [0.15, 0.2) is 9.84 Å². The lowest BCUT2D eigenvalue weighted by Gasteiger charge is -2.38. The molecule has 148 valence electrons. The van der Waals surface area contributed by atoms with Crippen LogP contribution in [0.4, 0.5) is 0 Å². The van der Waals surface area contributed by atoms with Crippen molar-refractivity contribution >= 4 is 15.7 Å². The lowest BCUT2D eigenvalue weighted by atomic mass is 9.88. The van der Waals surface area contributed by atoms with Gasteiger partial charge in [-0.05, 0) is 47.7 Å². The van der Waals surface area contributed by atoms with Crippen LogP contribution in [0.5, 0.6) is 0 Å². The van der Waals surface area contributed by atoms with Gasteiger partial charge in [0.1, 0.15) is 0 Å². The van der Waals surface area contributed by atoms with Gasteiger partial charge < -0.3 is 4.90 Å². The summed E-state index contributed by atoms with van der Waals surface area (Å²) in [6.45, 7) is 0.608. The normalized spacial score (nSPS) is 16.3. The molecule has 0 aromatic heterocycles. The summed E-state index contributed by atoms with van der Waals surface area (Å²) in [5.41, 5.74) is 4.00. The fraction of sp³-hybridized carbons (Fsp3) is 0.208. The number of sulfone groups is 1. The topological polar surface area (TPSA) is 54.5 Å². The Balaban J connectivity index is 1.72. The van der Waals surface area contributed by atoms with Gasteiger partial charge >= 0.3 is 0 Å². The second kappa shape index (κ2) is 7.84. The summed E-state index contributed by atoms with van der Waals surface area (Å²) in [6.07, 6.45) is 2.67. The van der Waals surface area contributed by atoms with E-state index in [1.54, 1.807) is 12.1 Å². The van der Waals surface area contributed by atoms with Crippen LogP contribution in [0.25, 0.3) is 0 Å². The van der Waals surface area contributed by atoms with Crippen molar-refractivity contribution in [2.24, 2.45) is 0 Å². The largest absolute Gasteiger partial charge is 0.331 e. The van der Waals surface area contributed by atoms with Crippen LogP contribution < -0.4 is 0 Å². The van der Waals surface area contributed by atoms with Crippen LogP contribution >= 0.6 is 0 Å². The third-order valence-corrected chi connectivity index (χ3v) is 6.56. The van der Waals surface area contributed by atoms with Gasteiger partial charge in [0, 0.05) is 18.4 Å². The molecule has 0 fully saturated rings. The molecule has 0 saturated carbocycles. The average molecular weight is 406 g/mol. The maximum atomic E-state index is 13.4. The maximum Gasteiger partial charge on any atom is 0.254 e. The van der Waals surface area contributed by atoms with Crippen molar-refractivity contribution < 1.29 is 13.2 Å². The van der Waals surface area contributed by atoms with E-state index in [1.165, 1.54) is 17.7 Å². The Morgan fingerprint density at radius 3 is 2.45 bits per heavy atom.